The van der Waals surface area contributed by atoms with Gasteiger partial charge in [0.15, 0.2) is 0 Å². The van der Waals surface area contributed by atoms with Gasteiger partial charge in [0.2, 0.25) is 0 Å². The van der Waals surface area contributed by atoms with Crippen molar-refractivity contribution in [1.82, 2.24) is 14.9 Å². The van der Waals surface area contributed by atoms with Gasteiger partial charge < -0.3 is 20.3 Å². The van der Waals surface area contributed by atoms with E-state index >= 15 is 0 Å². The molecule has 0 aliphatic carbocycles. The normalized spacial score (nSPS) is 12.2. The van der Waals surface area contributed by atoms with E-state index in [0.29, 0.717) is 29.0 Å². The maximum atomic E-state index is 14.3. The molecule has 0 saturated carbocycles. The molecule has 3 rings (SSSR count). The number of carbonyl (C=O) groups excluding carboxylic acids is 1. The number of rotatable bonds is 6. The Balaban J connectivity index is 2.05. The Bertz CT molecular complexity index is 989. The average molecular weight is 482 g/mol. The van der Waals surface area contributed by atoms with Crippen molar-refractivity contribution in [2.45, 2.75) is 6.92 Å². The molecule has 27 heavy (non-hydrogen) atoms. The van der Waals surface area contributed by atoms with Crippen LogP contribution >= 0.6 is 22.6 Å². The Labute approximate surface area is 169 Å². The molecule has 0 radical (unpaired) electrons. The van der Waals surface area contributed by atoms with Crippen molar-refractivity contribution in [2.75, 3.05) is 18.5 Å². The number of aromatic nitrogens is 2. The molecule has 0 saturated heterocycles. The summed E-state index contributed by atoms with van der Waals surface area (Å²) in [5.41, 5.74) is 1.29. The number of benzene rings is 1. The molecule has 1 atom stereocenters. The first kappa shape index (κ1) is 19.6. The van der Waals surface area contributed by atoms with Gasteiger partial charge in [-0.2, -0.15) is 0 Å². The Kier molecular flexibility index (Phi) is 5.95. The zero-order chi connectivity index (χ0) is 19.6. The molecule has 1 amide bonds. The second-order valence-corrected chi connectivity index (χ2v) is 7.65. The Morgan fingerprint density at radius 3 is 2.89 bits per heavy atom. The van der Waals surface area contributed by atoms with Crippen molar-refractivity contribution in [2.24, 2.45) is 13.0 Å². The number of nitrogens with zero attached hydrogens (tertiary/aromatic N) is 2. The van der Waals surface area contributed by atoms with Gasteiger partial charge >= 0.3 is 0 Å². The van der Waals surface area contributed by atoms with Gasteiger partial charge in [-0.15, -0.1) is 0 Å². The number of aliphatic hydroxyl groups is 1. The van der Waals surface area contributed by atoms with Gasteiger partial charge in [0, 0.05) is 35.4 Å². The van der Waals surface area contributed by atoms with E-state index in [4.69, 9.17) is 0 Å². The number of amides is 1. The van der Waals surface area contributed by atoms with E-state index in [9.17, 15) is 14.3 Å². The second kappa shape index (κ2) is 8.22. The van der Waals surface area contributed by atoms with Crippen LogP contribution in [0.3, 0.4) is 0 Å². The molecule has 0 aliphatic heterocycles. The van der Waals surface area contributed by atoms with E-state index in [2.05, 4.69) is 15.6 Å². The maximum Gasteiger partial charge on any atom is 0.255 e. The third kappa shape index (κ3) is 4.06. The number of carbonyl (C=O) groups is 1. The van der Waals surface area contributed by atoms with Gasteiger partial charge in [-0.1, -0.05) is 6.92 Å². The first-order valence-corrected chi connectivity index (χ1v) is 9.54. The summed E-state index contributed by atoms with van der Waals surface area (Å²) in [4.78, 5) is 17.2. The van der Waals surface area contributed by atoms with Gasteiger partial charge in [-0.05, 0) is 58.8 Å². The quantitative estimate of drug-likeness (QED) is 0.471. The molecule has 0 unspecified atom stereocenters. The summed E-state index contributed by atoms with van der Waals surface area (Å²) in [6.45, 7) is 2.16. The van der Waals surface area contributed by atoms with Crippen molar-refractivity contribution in [3.63, 3.8) is 0 Å². The highest BCUT2D eigenvalue weighted by Gasteiger charge is 2.23. The number of fused-ring (bicyclic) bond motifs is 1. The third-order valence-electron chi connectivity index (χ3n) is 4.28. The third-order valence-corrected chi connectivity index (χ3v) is 4.95. The van der Waals surface area contributed by atoms with Gasteiger partial charge in [-0.3, -0.25) is 4.79 Å². The highest BCUT2D eigenvalue weighted by atomic mass is 127. The molecule has 0 bridgehead atoms. The van der Waals surface area contributed by atoms with Crippen molar-refractivity contribution >= 4 is 51.0 Å². The highest BCUT2D eigenvalue weighted by molar-refractivity contribution is 14.1. The van der Waals surface area contributed by atoms with Crippen molar-refractivity contribution in [3.8, 4) is 0 Å². The zero-order valence-corrected chi connectivity index (χ0v) is 17.1. The molecule has 2 heterocycles. The fourth-order valence-corrected chi connectivity index (χ4v) is 3.23. The molecule has 6 nitrogen and oxygen atoms in total. The monoisotopic (exact) mass is 482 g/mol. The predicted octanol–water partition coefficient (Wildman–Crippen LogP) is 3.42. The smallest absolute Gasteiger partial charge is 0.255 e. The number of hydrogen-bond acceptors (Lipinski definition) is 4. The summed E-state index contributed by atoms with van der Waals surface area (Å²) in [6.07, 6.45) is 1.65. The second-order valence-electron chi connectivity index (χ2n) is 6.40. The highest BCUT2D eigenvalue weighted by Crippen LogP contribution is 2.31. The molecule has 3 aromatic rings. The molecule has 142 valence electrons. The van der Waals surface area contributed by atoms with Gasteiger partial charge in [0.1, 0.15) is 17.3 Å². The molecule has 1 aromatic carbocycles. The number of aryl methyl sites for hydroxylation is 1. The van der Waals surface area contributed by atoms with E-state index < -0.39 is 5.82 Å². The molecular weight excluding hydrogens is 462 g/mol. The van der Waals surface area contributed by atoms with Crippen LogP contribution in [-0.2, 0) is 7.05 Å². The van der Waals surface area contributed by atoms with Crippen LogP contribution in [0.15, 0.2) is 36.5 Å². The summed E-state index contributed by atoms with van der Waals surface area (Å²) in [5, 5.41) is 15.7. The lowest BCUT2D eigenvalue weighted by Crippen LogP contribution is -2.30. The first-order chi connectivity index (χ1) is 12.9. The minimum absolute atomic E-state index is 0.0175. The SMILES string of the molecule is C[C@@H](CO)CNC(=O)c1c(Nc2ccc(I)cc2F)n(C)c2ncccc12. The first-order valence-electron chi connectivity index (χ1n) is 8.47. The van der Waals surface area contributed by atoms with Crippen molar-refractivity contribution in [1.29, 1.82) is 0 Å². The van der Waals surface area contributed by atoms with Crippen LogP contribution in [0.2, 0.25) is 0 Å². The largest absolute Gasteiger partial charge is 0.396 e. The Morgan fingerprint density at radius 2 is 2.19 bits per heavy atom. The lowest BCUT2D eigenvalue weighted by Gasteiger charge is -2.13. The zero-order valence-electron chi connectivity index (χ0n) is 15.0. The van der Waals surface area contributed by atoms with E-state index in [-0.39, 0.29) is 24.1 Å². The standard InChI is InChI=1S/C19H20FIN4O2/c1-11(10-26)9-23-19(27)16-13-4-3-7-22-17(13)25(2)18(16)24-15-6-5-12(21)8-14(15)20/h3-8,11,24,26H,9-10H2,1-2H3,(H,23,27)/t11-/m1/s1. The van der Waals surface area contributed by atoms with Crippen LogP contribution in [0.4, 0.5) is 15.9 Å². The van der Waals surface area contributed by atoms with E-state index in [0.717, 1.165) is 3.57 Å². The summed E-state index contributed by atoms with van der Waals surface area (Å²) >= 11 is 2.04. The van der Waals surface area contributed by atoms with Crippen molar-refractivity contribution < 1.29 is 14.3 Å². The van der Waals surface area contributed by atoms with E-state index in [1.54, 1.807) is 36.0 Å². The van der Waals surface area contributed by atoms with Gasteiger partial charge in [-0.25, -0.2) is 9.37 Å². The molecule has 0 fully saturated rings. The fraction of sp³-hybridized carbons (Fsp3) is 0.263. The summed E-state index contributed by atoms with van der Waals surface area (Å²) in [5.74, 6) is -0.312. The minimum Gasteiger partial charge on any atom is -0.396 e. The molecule has 0 spiro atoms. The number of anilines is 2. The topological polar surface area (TPSA) is 79.2 Å². The van der Waals surface area contributed by atoms with Gasteiger partial charge in [0.25, 0.3) is 5.91 Å². The average Bonchev–Trinajstić information content (AvgIpc) is 2.94. The predicted molar refractivity (Wildman–Crippen MR) is 112 cm³/mol. The Hall–Kier alpha value is -2.20. The summed E-state index contributed by atoms with van der Waals surface area (Å²) in [6, 6.07) is 8.41. The van der Waals surface area contributed by atoms with Crippen LogP contribution < -0.4 is 10.6 Å². The molecule has 8 heteroatoms. The summed E-state index contributed by atoms with van der Waals surface area (Å²) < 4.78 is 16.9. The maximum absolute atomic E-state index is 14.3. The molecule has 3 N–H and O–H groups in total. The minimum atomic E-state index is -0.402. The lowest BCUT2D eigenvalue weighted by atomic mass is 10.1. The van der Waals surface area contributed by atoms with Crippen molar-refractivity contribution in [3.05, 3.63) is 51.5 Å². The van der Waals surface area contributed by atoms with Crippen LogP contribution in [0.1, 0.15) is 17.3 Å². The van der Waals surface area contributed by atoms with Gasteiger partial charge in [0.05, 0.1) is 11.3 Å². The van der Waals surface area contributed by atoms with Crippen LogP contribution in [0.5, 0.6) is 0 Å². The lowest BCUT2D eigenvalue weighted by molar-refractivity contribution is 0.0944. The molecule has 0 aliphatic rings. The van der Waals surface area contributed by atoms with E-state index in [1.165, 1.54) is 6.07 Å². The fourth-order valence-electron chi connectivity index (χ4n) is 2.78. The summed E-state index contributed by atoms with van der Waals surface area (Å²) in [7, 11) is 1.77. The van der Waals surface area contributed by atoms with Crippen LogP contribution in [-0.4, -0.2) is 33.7 Å². The number of halogens is 2. The molecule has 2 aromatic heterocycles. The van der Waals surface area contributed by atoms with Crippen LogP contribution in [0.25, 0.3) is 11.0 Å². The van der Waals surface area contributed by atoms with Crippen LogP contribution in [0, 0.1) is 15.3 Å². The number of aliphatic hydroxyl groups excluding tert-OH is 1. The Morgan fingerprint density at radius 1 is 1.41 bits per heavy atom. The number of pyridine rings is 1. The molecular formula is C19H20FIN4O2. The number of hydrogen-bond donors (Lipinski definition) is 3. The van der Waals surface area contributed by atoms with E-state index in [1.807, 2.05) is 35.6 Å². The number of nitrogens with one attached hydrogen (secondary N) is 2.